The molecule has 0 aliphatic carbocycles. The highest BCUT2D eigenvalue weighted by atomic mass is 35.5. The summed E-state index contributed by atoms with van der Waals surface area (Å²) in [5.41, 5.74) is 0.860. The monoisotopic (exact) mass is 362 g/mol. The third kappa shape index (κ3) is 4.67. The molecule has 0 amide bonds. The molecule has 2 N–H and O–H groups in total. The predicted octanol–water partition coefficient (Wildman–Crippen LogP) is 1.62. The molecule has 1 aliphatic heterocycles. The standard InChI is InChI=1S/C15H22N2O4S.ClH/c1-10-9-12(15(18)21-3)6-7-14(10)22(19,20)17-13-5-4-8-16-11(13)2;/h6-7,9,11,13,16-17H,4-5,8H2,1-3H3;1H. The first-order valence-corrected chi connectivity index (χ1v) is 8.78. The van der Waals surface area contributed by atoms with Gasteiger partial charge in [-0.25, -0.2) is 17.9 Å². The average molecular weight is 363 g/mol. The number of hydrogen-bond acceptors (Lipinski definition) is 5. The molecule has 0 radical (unpaired) electrons. The quantitative estimate of drug-likeness (QED) is 0.795. The van der Waals surface area contributed by atoms with Crippen molar-refractivity contribution in [3.63, 3.8) is 0 Å². The Balaban J connectivity index is 0.00000264. The molecule has 0 bridgehead atoms. The van der Waals surface area contributed by atoms with Crippen molar-refractivity contribution in [2.24, 2.45) is 0 Å². The largest absolute Gasteiger partial charge is 0.465 e. The Kier molecular flexibility index (Phi) is 7.01. The van der Waals surface area contributed by atoms with Crippen LogP contribution in [0.2, 0.25) is 0 Å². The molecule has 1 aromatic carbocycles. The smallest absolute Gasteiger partial charge is 0.337 e. The highest BCUT2D eigenvalue weighted by Gasteiger charge is 2.27. The molecule has 8 heteroatoms. The summed E-state index contributed by atoms with van der Waals surface area (Å²) >= 11 is 0. The van der Waals surface area contributed by atoms with Crippen LogP contribution in [0.15, 0.2) is 23.1 Å². The Bertz CT molecular complexity index is 663. The minimum Gasteiger partial charge on any atom is -0.465 e. The number of carbonyl (C=O) groups excluding carboxylic acids is 1. The summed E-state index contributed by atoms with van der Waals surface area (Å²) in [7, 11) is -2.32. The second-order valence-corrected chi connectivity index (χ2v) is 7.27. The van der Waals surface area contributed by atoms with Crippen LogP contribution < -0.4 is 10.0 Å². The molecular weight excluding hydrogens is 340 g/mol. The van der Waals surface area contributed by atoms with E-state index in [0.29, 0.717) is 11.1 Å². The number of rotatable bonds is 4. The number of halogens is 1. The number of sulfonamides is 1. The van der Waals surface area contributed by atoms with Crippen LogP contribution in [-0.2, 0) is 14.8 Å². The van der Waals surface area contributed by atoms with Gasteiger partial charge in [-0.2, -0.15) is 0 Å². The van der Waals surface area contributed by atoms with Crippen LogP contribution >= 0.6 is 12.4 Å². The topological polar surface area (TPSA) is 84.5 Å². The van der Waals surface area contributed by atoms with E-state index in [2.05, 4.69) is 14.8 Å². The van der Waals surface area contributed by atoms with Gasteiger partial charge in [0, 0.05) is 12.1 Å². The first-order valence-electron chi connectivity index (χ1n) is 7.30. The fourth-order valence-corrected chi connectivity index (χ4v) is 4.24. The van der Waals surface area contributed by atoms with Crippen LogP contribution in [0.25, 0.3) is 0 Å². The summed E-state index contributed by atoms with van der Waals surface area (Å²) in [5, 5.41) is 3.26. The van der Waals surface area contributed by atoms with Crippen molar-refractivity contribution < 1.29 is 17.9 Å². The molecule has 0 aromatic heterocycles. The summed E-state index contributed by atoms with van der Waals surface area (Å²) in [6, 6.07) is 4.42. The van der Waals surface area contributed by atoms with Crippen LogP contribution in [0.3, 0.4) is 0 Å². The highest BCUT2D eigenvalue weighted by molar-refractivity contribution is 7.89. The first-order chi connectivity index (χ1) is 10.3. The molecule has 0 saturated carbocycles. The molecule has 1 heterocycles. The number of aryl methyl sites for hydroxylation is 1. The summed E-state index contributed by atoms with van der Waals surface area (Å²) in [6.45, 7) is 4.55. The van der Waals surface area contributed by atoms with E-state index in [4.69, 9.17) is 0 Å². The van der Waals surface area contributed by atoms with Crippen molar-refractivity contribution in [1.29, 1.82) is 0 Å². The summed E-state index contributed by atoms with van der Waals surface area (Å²) in [5.74, 6) is -0.481. The van der Waals surface area contributed by atoms with Gasteiger partial charge < -0.3 is 10.1 Å². The summed E-state index contributed by atoms with van der Waals surface area (Å²) < 4.78 is 32.5. The minimum absolute atomic E-state index is 0. The van der Waals surface area contributed by atoms with Gasteiger partial charge in [0.05, 0.1) is 17.6 Å². The van der Waals surface area contributed by atoms with Gasteiger partial charge >= 0.3 is 5.97 Å². The molecule has 0 spiro atoms. The Labute approximate surface area is 143 Å². The third-order valence-electron chi connectivity index (χ3n) is 3.95. The lowest BCUT2D eigenvalue weighted by Crippen LogP contribution is -2.51. The minimum atomic E-state index is -3.61. The van der Waals surface area contributed by atoms with Gasteiger partial charge in [0.1, 0.15) is 0 Å². The molecule has 1 saturated heterocycles. The fourth-order valence-electron chi connectivity index (χ4n) is 2.66. The number of methoxy groups -OCH3 is 1. The van der Waals surface area contributed by atoms with E-state index in [1.54, 1.807) is 6.92 Å². The second-order valence-electron chi connectivity index (χ2n) is 5.58. The summed E-state index contributed by atoms with van der Waals surface area (Å²) in [4.78, 5) is 11.7. The molecule has 1 aromatic rings. The molecule has 23 heavy (non-hydrogen) atoms. The van der Waals surface area contributed by atoms with Gasteiger partial charge in [-0.1, -0.05) is 0 Å². The Morgan fingerprint density at radius 2 is 2.09 bits per heavy atom. The van der Waals surface area contributed by atoms with Crippen molar-refractivity contribution in [3.8, 4) is 0 Å². The molecule has 1 aliphatic rings. The average Bonchev–Trinajstić information content (AvgIpc) is 2.48. The molecule has 1 fully saturated rings. The van der Waals surface area contributed by atoms with Crippen molar-refractivity contribution in [2.75, 3.05) is 13.7 Å². The normalized spacial score (nSPS) is 21.3. The zero-order valence-electron chi connectivity index (χ0n) is 13.5. The SMILES string of the molecule is COC(=O)c1ccc(S(=O)(=O)NC2CCCNC2C)c(C)c1.Cl. The summed E-state index contributed by atoms with van der Waals surface area (Å²) in [6.07, 6.45) is 1.75. The maximum atomic E-state index is 12.6. The number of nitrogens with one attached hydrogen (secondary N) is 2. The van der Waals surface area contributed by atoms with E-state index < -0.39 is 16.0 Å². The third-order valence-corrected chi connectivity index (χ3v) is 5.60. The molecule has 2 rings (SSSR count). The van der Waals surface area contributed by atoms with Crippen LogP contribution in [0.5, 0.6) is 0 Å². The number of esters is 1. The van der Waals surface area contributed by atoms with Crippen molar-refractivity contribution in [1.82, 2.24) is 10.0 Å². The van der Waals surface area contributed by atoms with E-state index in [0.717, 1.165) is 19.4 Å². The molecular formula is C15H23ClN2O4S. The van der Waals surface area contributed by atoms with E-state index in [9.17, 15) is 13.2 Å². The Morgan fingerprint density at radius 1 is 1.39 bits per heavy atom. The Hall–Kier alpha value is -1.15. The molecule has 6 nitrogen and oxygen atoms in total. The van der Waals surface area contributed by atoms with Crippen LogP contribution in [0.1, 0.15) is 35.7 Å². The van der Waals surface area contributed by atoms with Crippen molar-refractivity contribution in [3.05, 3.63) is 29.3 Å². The van der Waals surface area contributed by atoms with Gasteiger partial charge in [0.25, 0.3) is 0 Å². The lowest BCUT2D eigenvalue weighted by atomic mass is 10.0. The van der Waals surface area contributed by atoms with E-state index in [-0.39, 0.29) is 29.4 Å². The van der Waals surface area contributed by atoms with Crippen molar-refractivity contribution in [2.45, 2.75) is 43.7 Å². The number of carbonyl (C=O) groups is 1. The fraction of sp³-hybridized carbons (Fsp3) is 0.533. The maximum absolute atomic E-state index is 12.6. The number of piperidine rings is 1. The van der Waals surface area contributed by atoms with E-state index in [1.165, 1.54) is 25.3 Å². The van der Waals surface area contributed by atoms with Crippen LogP contribution in [0, 0.1) is 6.92 Å². The lowest BCUT2D eigenvalue weighted by Gasteiger charge is -2.30. The van der Waals surface area contributed by atoms with Crippen molar-refractivity contribution >= 4 is 28.4 Å². The second kappa shape index (κ2) is 8.10. The van der Waals surface area contributed by atoms with Crippen LogP contribution in [-0.4, -0.2) is 40.1 Å². The maximum Gasteiger partial charge on any atom is 0.337 e. The highest BCUT2D eigenvalue weighted by Crippen LogP contribution is 2.19. The molecule has 2 atom stereocenters. The van der Waals surface area contributed by atoms with Gasteiger partial charge in [0.2, 0.25) is 10.0 Å². The first kappa shape index (κ1) is 19.9. The molecule has 2 unspecified atom stereocenters. The van der Waals surface area contributed by atoms with Gasteiger partial charge in [-0.3, -0.25) is 0 Å². The van der Waals surface area contributed by atoms with E-state index in [1.807, 2.05) is 6.92 Å². The van der Waals surface area contributed by atoms with Crippen LogP contribution in [0.4, 0.5) is 0 Å². The van der Waals surface area contributed by atoms with Gasteiger partial charge in [-0.05, 0) is 57.0 Å². The zero-order chi connectivity index (χ0) is 16.3. The number of ether oxygens (including phenoxy) is 1. The molecule has 130 valence electrons. The van der Waals surface area contributed by atoms with Gasteiger partial charge in [0.15, 0.2) is 0 Å². The predicted molar refractivity (Wildman–Crippen MR) is 90.6 cm³/mol. The number of hydrogen-bond donors (Lipinski definition) is 2. The number of benzene rings is 1. The lowest BCUT2D eigenvalue weighted by molar-refractivity contribution is 0.0600. The van der Waals surface area contributed by atoms with Gasteiger partial charge in [-0.15, -0.1) is 12.4 Å². The Morgan fingerprint density at radius 3 is 2.65 bits per heavy atom. The van der Waals surface area contributed by atoms with E-state index >= 15 is 0 Å². The zero-order valence-corrected chi connectivity index (χ0v) is 15.1.